The third-order valence-corrected chi connectivity index (χ3v) is 2.35. The lowest BCUT2D eigenvalue weighted by Gasteiger charge is -2.08. The predicted octanol–water partition coefficient (Wildman–Crippen LogP) is -0.365. The molecule has 0 aromatic carbocycles. The van der Waals surface area contributed by atoms with Crippen LogP contribution >= 0.6 is 11.8 Å². The first-order valence-electron chi connectivity index (χ1n) is 3.38. The van der Waals surface area contributed by atoms with Crippen LogP contribution in [0.5, 0.6) is 0 Å². The fourth-order valence-corrected chi connectivity index (χ4v) is 1.42. The van der Waals surface area contributed by atoms with E-state index in [2.05, 4.69) is 6.58 Å². The number of carbonyl (C=O) groups excluding carboxylic acids is 2. The molecule has 0 bridgehead atoms. The summed E-state index contributed by atoms with van der Waals surface area (Å²) in [7, 11) is 0. The average Bonchev–Trinajstić information content (AvgIpc) is 1.96. The minimum absolute atomic E-state index is 0.00611. The Bertz CT molecular complexity index is 194. The van der Waals surface area contributed by atoms with Gasteiger partial charge >= 0.3 is 0 Å². The highest BCUT2D eigenvalue weighted by Crippen LogP contribution is 2.13. The van der Waals surface area contributed by atoms with Gasteiger partial charge in [0.1, 0.15) is 0 Å². The second-order valence-corrected chi connectivity index (χ2v) is 3.42. The largest absolute Gasteiger partial charge is 0.370 e. The van der Waals surface area contributed by atoms with Gasteiger partial charge in [0.25, 0.3) is 0 Å². The van der Waals surface area contributed by atoms with E-state index in [1.54, 1.807) is 6.08 Å². The van der Waals surface area contributed by atoms with Gasteiger partial charge in [-0.2, -0.15) is 0 Å². The lowest BCUT2D eigenvalue weighted by atomic mass is 10.3. The molecular weight excluding hydrogens is 176 g/mol. The van der Waals surface area contributed by atoms with E-state index in [0.717, 1.165) is 0 Å². The van der Waals surface area contributed by atoms with Crippen molar-refractivity contribution >= 4 is 23.6 Å². The quantitative estimate of drug-likeness (QED) is 0.558. The Hall–Kier alpha value is -0.970. The van der Waals surface area contributed by atoms with Crippen LogP contribution in [-0.4, -0.2) is 22.8 Å². The van der Waals surface area contributed by atoms with Crippen LogP contribution in [-0.2, 0) is 9.59 Å². The SMILES string of the molecule is C=CCSC(CC(N)=O)C(N)=O. The number of nitrogens with two attached hydrogens (primary N) is 2. The van der Waals surface area contributed by atoms with Crippen LogP contribution in [0.15, 0.2) is 12.7 Å². The van der Waals surface area contributed by atoms with Gasteiger partial charge in [-0.1, -0.05) is 6.08 Å². The van der Waals surface area contributed by atoms with Crippen LogP contribution in [0.3, 0.4) is 0 Å². The molecule has 1 unspecified atom stereocenters. The molecule has 0 saturated carbocycles. The minimum Gasteiger partial charge on any atom is -0.370 e. The van der Waals surface area contributed by atoms with Crippen molar-refractivity contribution in [1.82, 2.24) is 0 Å². The number of carbonyl (C=O) groups is 2. The van der Waals surface area contributed by atoms with E-state index in [0.29, 0.717) is 5.75 Å². The molecule has 0 radical (unpaired) electrons. The summed E-state index contributed by atoms with van der Waals surface area (Å²) >= 11 is 1.26. The Labute approximate surface area is 75.4 Å². The fraction of sp³-hybridized carbons (Fsp3) is 0.429. The molecule has 12 heavy (non-hydrogen) atoms. The van der Waals surface area contributed by atoms with E-state index >= 15 is 0 Å². The van der Waals surface area contributed by atoms with Crippen molar-refractivity contribution in [1.29, 1.82) is 0 Å². The predicted molar refractivity (Wildman–Crippen MR) is 49.4 cm³/mol. The van der Waals surface area contributed by atoms with Crippen molar-refractivity contribution < 1.29 is 9.59 Å². The van der Waals surface area contributed by atoms with Gasteiger partial charge in [0.15, 0.2) is 0 Å². The molecular formula is C7H12N2O2S. The third kappa shape index (κ3) is 4.79. The third-order valence-electron chi connectivity index (χ3n) is 1.12. The first-order chi connectivity index (χ1) is 5.57. The van der Waals surface area contributed by atoms with Gasteiger partial charge < -0.3 is 11.5 Å². The van der Waals surface area contributed by atoms with Crippen LogP contribution in [0.4, 0.5) is 0 Å². The number of rotatable bonds is 6. The van der Waals surface area contributed by atoms with Crippen LogP contribution < -0.4 is 11.5 Å². The molecule has 4 N–H and O–H groups in total. The van der Waals surface area contributed by atoms with E-state index in [9.17, 15) is 9.59 Å². The highest BCUT2D eigenvalue weighted by Gasteiger charge is 2.17. The molecule has 0 fully saturated rings. The minimum atomic E-state index is -0.527. The zero-order chi connectivity index (χ0) is 9.56. The highest BCUT2D eigenvalue weighted by atomic mass is 32.2. The summed E-state index contributed by atoms with van der Waals surface area (Å²) in [6.45, 7) is 3.48. The van der Waals surface area contributed by atoms with Gasteiger partial charge in [-0.15, -0.1) is 18.3 Å². The summed E-state index contributed by atoms with van der Waals surface area (Å²) in [5, 5.41) is -0.527. The normalized spacial score (nSPS) is 12.0. The molecule has 1 atom stereocenters. The zero-order valence-electron chi connectivity index (χ0n) is 6.66. The number of amides is 2. The topological polar surface area (TPSA) is 86.2 Å². The monoisotopic (exact) mass is 188 g/mol. The molecule has 0 aromatic heterocycles. The molecule has 4 nitrogen and oxygen atoms in total. The van der Waals surface area contributed by atoms with Crippen molar-refractivity contribution in [2.75, 3.05) is 5.75 Å². The molecule has 0 heterocycles. The Morgan fingerprint density at radius 3 is 2.42 bits per heavy atom. The van der Waals surface area contributed by atoms with Gasteiger partial charge in [-0.25, -0.2) is 0 Å². The van der Waals surface area contributed by atoms with E-state index in [4.69, 9.17) is 11.5 Å². The van der Waals surface area contributed by atoms with Crippen LogP contribution in [0.25, 0.3) is 0 Å². The van der Waals surface area contributed by atoms with E-state index < -0.39 is 17.1 Å². The Kier molecular flexibility index (Phi) is 5.19. The molecule has 0 aliphatic rings. The van der Waals surface area contributed by atoms with Gasteiger partial charge in [0.05, 0.1) is 5.25 Å². The molecule has 0 aliphatic carbocycles. The van der Waals surface area contributed by atoms with Crippen molar-refractivity contribution in [2.24, 2.45) is 11.5 Å². The standard InChI is InChI=1S/C7H12N2O2S/c1-2-3-12-5(7(9)11)4-6(8)10/h2,5H,1,3-4H2,(H2,8,10)(H2,9,11). The lowest BCUT2D eigenvalue weighted by molar-refractivity contribution is -0.122. The second-order valence-electron chi connectivity index (χ2n) is 2.18. The molecule has 0 rings (SSSR count). The number of hydrogen-bond acceptors (Lipinski definition) is 3. The maximum Gasteiger partial charge on any atom is 0.231 e. The van der Waals surface area contributed by atoms with Crippen LogP contribution in [0.1, 0.15) is 6.42 Å². The molecule has 0 saturated heterocycles. The average molecular weight is 188 g/mol. The summed E-state index contributed by atoms with van der Waals surface area (Å²) in [5.41, 5.74) is 9.94. The smallest absolute Gasteiger partial charge is 0.231 e. The summed E-state index contributed by atoms with van der Waals surface area (Å²) in [6, 6.07) is 0. The fourth-order valence-electron chi connectivity index (χ4n) is 0.609. The lowest BCUT2D eigenvalue weighted by Crippen LogP contribution is -2.30. The van der Waals surface area contributed by atoms with Crippen molar-refractivity contribution in [3.05, 3.63) is 12.7 Å². The first-order valence-corrected chi connectivity index (χ1v) is 4.43. The summed E-state index contributed by atoms with van der Waals surface area (Å²) in [6.07, 6.45) is 1.63. The molecule has 0 aliphatic heterocycles. The molecule has 0 spiro atoms. The summed E-state index contributed by atoms with van der Waals surface area (Å²) < 4.78 is 0. The highest BCUT2D eigenvalue weighted by molar-refractivity contribution is 8.00. The van der Waals surface area contributed by atoms with Crippen LogP contribution in [0, 0.1) is 0 Å². The van der Waals surface area contributed by atoms with E-state index in [-0.39, 0.29) is 6.42 Å². The molecule has 0 aromatic rings. The maximum atomic E-state index is 10.7. The summed E-state index contributed by atoms with van der Waals surface area (Å²) in [4.78, 5) is 21.2. The molecule has 5 heteroatoms. The second kappa shape index (κ2) is 5.65. The van der Waals surface area contributed by atoms with Crippen molar-refractivity contribution in [3.8, 4) is 0 Å². The van der Waals surface area contributed by atoms with Crippen LogP contribution in [0.2, 0.25) is 0 Å². The zero-order valence-corrected chi connectivity index (χ0v) is 7.47. The van der Waals surface area contributed by atoms with Crippen molar-refractivity contribution in [2.45, 2.75) is 11.7 Å². The molecule has 2 amide bonds. The Morgan fingerprint density at radius 1 is 1.50 bits per heavy atom. The Morgan fingerprint density at radius 2 is 2.08 bits per heavy atom. The van der Waals surface area contributed by atoms with E-state index in [1.165, 1.54) is 11.8 Å². The maximum absolute atomic E-state index is 10.7. The van der Waals surface area contributed by atoms with Gasteiger partial charge in [0, 0.05) is 12.2 Å². The summed E-state index contributed by atoms with van der Waals surface area (Å²) in [5.74, 6) is -0.447. The Balaban J connectivity index is 3.94. The number of primary amides is 2. The van der Waals surface area contributed by atoms with Gasteiger partial charge in [-0.05, 0) is 0 Å². The number of thioether (sulfide) groups is 1. The molecule has 68 valence electrons. The number of hydrogen-bond donors (Lipinski definition) is 2. The van der Waals surface area contributed by atoms with Gasteiger partial charge in [0.2, 0.25) is 11.8 Å². The van der Waals surface area contributed by atoms with Crippen molar-refractivity contribution in [3.63, 3.8) is 0 Å². The van der Waals surface area contributed by atoms with E-state index in [1.807, 2.05) is 0 Å². The first kappa shape index (κ1) is 11.0. The van der Waals surface area contributed by atoms with Gasteiger partial charge in [-0.3, -0.25) is 9.59 Å².